The van der Waals surface area contributed by atoms with Crippen LogP contribution in [0.2, 0.25) is 0 Å². The molecule has 0 bridgehead atoms. The predicted octanol–water partition coefficient (Wildman–Crippen LogP) is 2.44. The number of carbonyl (C=O) groups excluding carboxylic acids is 1. The number of nitrogens with zero attached hydrogens (tertiary/aromatic N) is 1. The van der Waals surface area contributed by atoms with Crippen LogP contribution in [-0.2, 0) is 16.1 Å². The van der Waals surface area contributed by atoms with Gasteiger partial charge < -0.3 is 19.5 Å². The van der Waals surface area contributed by atoms with Crippen molar-refractivity contribution < 1.29 is 24.2 Å². The zero-order chi connectivity index (χ0) is 18.1. The van der Waals surface area contributed by atoms with Crippen LogP contribution in [0.1, 0.15) is 15.9 Å². The molecule has 0 radical (unpaired) electrons. The number of hydrogen-bond donors (Lipinski definition) is 1. The number of aliphatic carboxylic acids is 1. The number of carboxylic acid groups (broad SMARTS) is 1. The maximum absolute atomic E-state index is 12.7. The van der Waals surface area contributed by atoms with Gasteiger partial charge in [0.25, 0.3) is 5.91 Å². The first kappa shape index (κ1) is 18.5. The van der Waals surface area contributed by atoms with E-state index in [4.69, 9.17) is 14.6 Å². The summed E-state index contributed by atoms with van der Waals surface area (Å²) in [7, 11) is 1.59. The first-order valence-electron chi connectivity index (χ1n) is 7.87. The van der Waals surface area contributed by atoms with E-state index < -0.39 is 5.97 Å². The van der Waals surface area contributed by atoms with Crippen LogP contribution in [0.15, 0.2) is 54.6 Å². The van der Waals surface area contributed by atoms with E-state index in [1.54, 1.807) is 31.4 Å². The molecule has 0 aliphatic rings. The average Bonchev–Trinajstić information content (AvgIpc) is 2.62. The lowest BCUT2D eigenvalue weighted by Crippen LogP contribution is -2.35. The Morgan fingerprint density at radius 3 is 2.28 bits per heavy atom. The Kier molecular flexibility index (Phi) is 6.98. The minimum Gasteiger partial charge on any atom is -0.491 e. The van der Waals surface area contributed by atoms with Crippen LogP contribution in [0.3, 0.4) is 0 Å². The maximum Gasteiger partial charge on any atom is 0.323 e. The molecule has 2 aromatic rings. The maximum atomic E-state index is 12.7. The Bertz CT molecular complexity index is 685. The number of methoxy groups -OCH3 is 1. The Morgan fingerprint density at radius 2 is 1.68 bits per heavy atom. The number of carbonyl (C=O) groups is 2. The number of hydrogen-bond acceptors (Lipinski definition) is 4. The van der Waals surface area contributed by atoms with E-state index in [1.807, 2.05) is 30.3 Å². The minimum absolute atomic E-state index is 0.234. The molecule has 0 aromatic heterocycles. The lowest BCUT2D eigenvalue weighted by molar-refractivity contribution is -0.137. The van der Waals surface area contributed by atoms with Crippen molar-refractivity contribution in [2.24, 2.45) is 0 Å². The molecule has 0 saturated heterocycles. The number of amides is 1. The van der Waals surface area contributed by atoms with Gasteiger partial charge in [-0.2, -0.15) is 0 Å². The number of carboxylic acids is 1. The fraction of sp³-hybridized carbons (Fsp3) is 0.263. The van der Waals surface area contributed by atoms with Crippen molar-refractivity contribution in [2.45, 2.75) is 6.54 Å². The largest absolute Gasteiger partial charge is 0.491 e. The van der Waals surface area contributed by atoms with Crippen molar-refractivity contribution in [3.05, 3.63) is 65.7 Å². The lowest BCUT2D eigenvalue weighted by atomic mass is 10.1. The Hall–Kier alpha value is -2.86. The zero-order valence-electron chi connectivity index (χ0n) is 14.1. The molecule has 1 N–H and O–H groups in total. The second kappa shape index (κ2) is 9.44. The normalized spacial score (nSPS) is 10.3. The van der Waals surface area contributed by atoms with E-state index in [0.29, 0.717) is 24.5 Å². The van der Waals surface area contributed by atoms with Crippen molar-refractivity contribution in [3.63, 3.8) is 0 Å². The molecule has 0 spiro atoms. The molecule has 0 atom stereocenters. The summed E-state index contributed by atoms with van der Waals surface area (Å²) in [6, 6.07) is 15.9. The summed E-state index contributed by atoms with van der Waals surface area (Å²) >= 11 is 0. The zero-order valence-corrected chi connectivity index (χ0v) is 14.1. The smallest absolute Gasteiger partial charge is 0.323 e. The molecular weight excluding hydrogens is 322 g/mol. The second-order valence-electron chi connectivity index (χ2n) is 5.41. The van der Waals surface area contributed by atoms with Gasteiger partial charge in [-0.1, -0.05) is 30.3 Å². The fourth-order valence-corrected chi connectivity index (χ4v) is 2.29. The van der Waals surface area contributed by atoms with Gasteiger partial charge in [0.1, 0.15) is 18.9 Å². The summed E-state index contributed by atoms with van der Waals surface area (Å²) < 4.78 is 10.4. The highest BCUT2D eigenvalue weighted by atomic mass is 16.5. The van der Waals surface area contributed by atoms with Gasteiger partial charge in [0.2, 0.25) is 0 Å². The highest BCUT2D eigenvalue weighted by Crippen LogP contribution is 2.15. The van der Waals surface area contributed by atoms with Gasteiger partial charge >= 0.3 is 5.97 Å². The van der Waals surface area contributed by atoms with Crippen molar-refractivity contribution >= 4 is 11.9 Å². The topological polar surface area (TPSA) is 76.1 Å². The molecule has 6 heteroatoms. The highest BCUT2D eigenvalue weighted by molar-refractivity contribution is 5.95. The van der Waals surface area contributed by atoms with Gasteiger partial charge in [-0.3, -0.25) is 9.59 Å². The van der Waals surface area contributed by atoms with Gasteiger partial charge in [-0.25, -0.2) is 0 Å². The number of ether oxygens (including phenoxy) is 2. The summed E-state index contributed by atoms with van der Waals surface area (Å²) in [5, 5.41) is 9.10. The molecule has 1 amide bonds. The standard InChI is InChI=1S/C19H21NO5/c1-24-11-12-25-17-9-7-16(8-10-17)19(23)20(14-18(21)22)13-15-5-3-2-4-6-15/h2-10H,11-14H2,1H3,(H,21,22). The molecule has 0 heterocycles. The SMILES string of the molecule is COCCOc1ccc(C(=O)N(CC(=O)O)Cc2ccccc2)cc1. The molecule has 6 nitrogen and oxygen atoms in total. The number of benzene rings is 2. The van der Waals surface area contributed by atoms with Crippen LogP contribution in [0.25, 0.3) is 0 Å². The third-order valence-electron chi connectivity index (χ3n) is 3.49. The van der Waals surface area contributed by atoms with Gasteiger partial charge in [0.15, 0.2) is 0 Å². The second-order valence-corrected chi connectivity index (χ2v) is 5.41. The summed E-state index contributed by atoms with van der Waals surface area (Å²) in [5.41, 5.74) is 1.29. The molecule has 0 aliphatic carbocycles. The molecule has 0 unspecified atom stereocenters. The van der Waals surface area contributed by atoms with Gasteiger partial charge in [-0.15, -0.1) is 0 Å². The first-order valence-corrected chi connectivity index (χ1v) is 7.87. The van der Waals surface area contributed by atoms with Crippen LogP contribution in [0, 0.1) is 0 Å². The van der Waals surface area contributed by atoms with E-state index in [-0.39, 0.29) is 19.0 Å². The molecule has 132 valence electrons. The summed E-state index contributed by atoms with van der Waals surface area (Å²) in [4.78, 5) is 25.1. The Labute approximate surface area is 146 Å². The molecule has 0 saturated carbocycles. The quantitative estimate of drug-likeness (QED) is 0.708. The van der Waals surface area contributed by atoms with Gasteiger partial charge in [0.05, 0.1) is 6.61 Å². The van der Waals surface area contributed by atoms with E-state index in [1.165, 1.54) is 4.90 Å². The minimum atomic E-state index is -1.05. The molecular formula is C19H21NO5. The Balaban J connectivity index is 2.08. The summed E-state index contributed by atoms with van der Waals surface area (Å²) in [6.07, 6.45) is 0. The van der Waals surface area contributed by atoms with Gasteiger partial charge in [-0.05, 0) is 29.8 Å². The van der Waals surface area contributed by atoms with Crippen molar-refractivity contribution in [3.8, 4) is 5.75 Å². The van der Waals surface area contributed by atoms with E-state index in [2.05, 4.69) is 0 Å². The molecule has 2 aromatic carbocycles. The monoisotopic (exact) mass is 343 g/mol. The van der Waals surface area contributed by atoms with Crippen molar-refractivity contribution in [2.75, 3.05) is 26.9 Å². The van der Waals surface area contributed by atoms with E-state index in [9.17, 15) is 9.59 Å². The lowest BCUT2D eigenvalue weighted by Gasteiger charge is -2.21. The van der Waals surface area contributed by atoms with Crippen LogP contribution in [0.4, 0.5) is 0 Å². The van der Waals surface area contributed by atoms with Gasteiger partial charge in [0, 0.05) is 19.2 Å². The van der Waals surface area contributed by atoms with Crippen LogP contribution >= 0.6 is 0 Å². The fourth-order valence-electron chi connectivity index (χ4n) is 2.29. The van der Waals surface area contributed by atoms with Crippen LogP contribution in [0.5, 0.6) is 5.75 Å². The molecule has 0 aliphatic heterocycles. The highest BCUT2D eigenvalue weighted by Gasteiger charge is 2.19. The van der Waals surface area contributed by atoms with Crippen LogP contribution in [-0.4, -0.2) is 48.8 Å². The van der Waals surface area contributed by atoms with E-state index in [0.717, 1.165) is 5.56 Å². The summed E-state index contributed by atoms with van der Waals surface area (Å²) in [5.74, 6) is -0.764. The number of rotatable bonds is 9. The predicted molar refractivity (Wildman–Crippen MR) is 92.6 cm³/mol. The average molecular weight is 343 g/mol. The molecule has 25 heavy (non-hydrogen) atoms. The van der Waals surface area contributed by atoms with Crippen LogP contribution < -0.4 is 4.74 Å². The van der Waals surface area contributed by atoms with Crippen molar-refractivity contribution in [1.29, 1.82) is 0 Å². The molecule has 0 fully saturated rings. The summed E-state index contributed by atoms with van der Waals surface area (Å²) in [6.45, 7) is 0.769. The Morgan fingerprint density at radius 1 is 1.00 bits per heavy atom. The molecule has 2 rings (SSSR count). The van der Waals surface area contributed by atoms with E-state index >= 15 is 0 Å². The van der Waals surface area contributed by atoms with Crippen molar-refractivity contribution in [1.82, 2.24) is 4.90 Å². The third-order valence-corrected chi connectivity index (χ3v) is 3.49. The first-order chi connectivity index (χ1) is 12.1. The third kappa shape index (κ3) is 5.93.